The first-order chi connectivity index (χ1) is 14.7. The second-order valence-electron chi connectivity index (χ2n) is 6.10. The van der Waals surface area contributed by atoms with E-state index >= 15 is 0 Å². The van der Waals surface area contributed by atoms with Gasteiger partial charge in [-0.1, -0.05) is 42.1 Å². The molecule has 0 fully saturated rings. The van der Waals surface area contributed by atoms with Gasteiger partial charge in [-0.3, -0.25) is 4.79 Å². The summed E-state index contributed by atoms with van der Waals surface area (Å²) in [5.41, 5.74) is 1.44. The summed E-state index contributed by atoms with van der Waals surface area (Å²) in [4.78, 5) is 35.7. The lowest BCUT2D eigenvalue weighted by Crippen LogP contribution is -2.16. The van der Waals surface area contributed by atoms with E-state index < -0.39 is 5.97 Å². The van der Waals surface area contributed by atoms with Gasteiger partial charge in [0.15, 0.2) is 0 Å². The zero-order chi connectivity index (χ0) is 20.9. The minimum absolute atomic E-state index is 0.167. The molecule has 152 valence electrons. The number of anilines is 1. The van der Waals surface area contributed by atoms with Crippen LogP contribution in [0.15, 0.2) is 59.2 Å². The number of hydrogen-bond acceptors (Lipinski definition) is 8. The number of aromatic nitrogens is 2. The van der Waals surface area contributed by atoms with Crippen LogP contribution in [0.2, 0.25) is 0 Å². The van der Waals surface area contributed by atoms with Crippen molar-refractivity contribution >= 4 is 62.2 Å². The Morgan fingerprint density at radius 2 is 2.00 bits per heavy atom. The normalized spacial score (nSPS) is 10.8. The van der Waals surface area contributed by atoms with Crippen LogP contribution in [0.5, 0.6) is 0 Å². The average molecular weight is 456 g/mol. The fourth-order valence-electron chi connectivity index (χ4n) is 2.78. The predicted molar refractivity (Wildman–Crippen MR) is 122 cm³/mol. The van der Waals surface area contributed by atoms with Crippen molar-refractivity contribution in [2.45, 2.75) is 11.9 Å². The summed E-state index contributed by atoms with van der Waals surface area (Å²) in [5.74, 6) is -0.492. The lowest BCUT2D eigenvalue weighted by Gasteiger charge is -2.06. The van der Waals surface area contributed by atoms with Crippen molar-refractivity contribution in [1.29, 1.82) is 0 Å². The Morgan fingerprint density at radius 3 is 2.80 bits per heavy atom. The topological polar surface area (TPSA) is 81.2 Å². The van der Waals surface area contributed by atoms with Crippen molar-refractivity contribution in [2.75, 3.05) is 17.7 Å². The third-order valence-electron chi connectivity index (χ3n) is 4.09. The summed E-state index contributed by atoms with van der Waals surface area (Å²) in [6, 6.07) is 13.5. The van der Waals surface area contributed by atoms with E-state index in [-0.39, 0.29) is 18.3 Å². The maximum Gasteiger partial charge on any atom is 0.350 e. The molecule has 3 aromatic heterocycles. The summed E-state index contributed by atoms with van der Waals surface area (Å²) < 4.78 is 5.17. The number of ether oxygens (including phenoxy) is 1. The molecule has 0 aliphatic carbocycles. The van der Waals surface area contributed by atoms with Crippen LogP contribution in [-0.4, -0.2) is 34.2 Å². The van der Waals surface area contributed by atoms with Gasteiger partial charge in [0.2, 0.25) is 5.91 Å². The van der Waals surface area contributed by atoms with Crippen molar-refractivity contribution in [2.24, 2.45) is 0 Å². The molecule has 0 saturated carbocycles. The summed E-state index contributed by atoms with van der Waals surface area (Å²) in [7, 11) is 0. The van der Waals surface area contributed by atoms with Gasteiger partial charge < -0.3 is 10.1 Å². The summed E-state index contributed by atoms with van der Waals surface area (Å²) in [6.07, 6.45) is 1.50. The maximum atomic E-state index is 12.6. The number of nitrogens with one attached hydrogen (secondary N) is 1. The van der Waals surface area contributed by atoms with Crippen molar-refractivity contribution in [3.8, 4) is 10.4 Å². The number of hydrogen-bond donors (Lipinski definition) is 1. The number of thioether (sulfide) groups is 1. The molecule has 0 aliphatic heterocycles. The molecule has 0 radical (unpaired) electrons. The van der Waals surface area contributed by atoms with E-state index in [9.17, 15) is 9.59 Å². The molecule has 3 heterocycles. The molecule has 9 heteroatoms. The van der Waals surface area contributed by atoms with Crippen molar-refractivity contribution in [1.82, 2.24) is 9.97 Å². The van der Waals surface area contributed by atoms with Gasteiger partial charge in [0.1, 0.15) is 21.1 Å². The molecule has 0 unspecified atom stereocenters. The summed E-state index contributed by atoms with van der Waals surface area (Å²) in [5, 5.41) is 6.51. The second-order valence-corrected chi connectivity index (χ2v) is 9.01. The van der Waals surface area contributed by atoms with Crippen LogP contribution in [0, 0.1) is 0 Å². The highest BCUT2D eigenvalue weighted by molar-refractivity contribution is 8.00. The number of rotatable bonds is 7. The molecule has 1 N–H and O–H groups in total. The quantitative estimate of drug-likeness (QED) is 0.231. The molecule has 0 atom stereocenters. The van der Waals surface area contributed by atoms with E-state index in [4.69, 9.17) is 4.74 Å². The summed E-state index contributed by atoms with van der Waals surface area (Å²) in [6.45, 7) is 2.02. The Bertz CT molecular complexity index is 1190. The maximum absolute atomic E-state index is 12.6. The monoisotopic (exact) mass is 455 g/mol. The van der Waals surface area contributed by atoms with Crippen LogP contribution in [0.4, 0.5) is 5.69 Å². The number of carbonyl (C=O) groups is 2. The molecule has 4 aromatic rings. The second kappa shape index (κ2) is 9.38. The number of nitrogens with zero attached hydrogens (tertiary/aromatic N) is 2. The first kappa shape index (κ1) is 20.5. The lowest BCUT2D eigenvalue weighted by molar-refractivity contribution is -0.113. The highest BCUT2D eigenvalue weighted by Crippen LogP contribution is 2.35. The Balaban J connectivity index is 1.52. The minimum Gasteiger partial charge on any atom is -0.462 e. The van der Waals surface area contributed by atoms with Crippen LogP contribution in [-0.2, 0) is 9.53 Å². The van der Waals surface area contributed by atoms with E-state index in [0.717, 1.165) is 25.7 Å². The fraction of sp³-hybridized carbons (Fsp3) is 0.143. The van der Waals surface area contributed by atoms with Gasteiger partial charge in [-0.05, 0) is 30.0 Å². The average Bonchev–Trinajstić information content (AvgIpc) is 3.40. The first-order valence-corrected chi connectivity index (χ1v) is 11.8. The zero-order valence-electron chi connectivity index (χ0n) is 16.0. The molecule has 0 spiro atoms. The molecule has 4 rings (SSSR count). The number of benzene rings is 1. The standard InChI is InChI=1S/C21H17N3O3S3/c1-2-27-21(26)18-15(10-16(30-18)13-6-4-3-5-7-13)24-17(25)11-29-20-14-8-9-28-19(14)22-12-23-20/h3-10,12H,2,11H2,1H3,(H,24,25). The molecule has 0 aliphatic rings. The SMILES string of the molecule is CCOC(=O)c1sc(-c2ccccc2)cc1NC(=O)CSc1ncnc2sccc12. The molecule has 6 nitrogen and oxygen atoms in total. The van der Waals surface area contributed by atoms with Crippen molar-refractivity contribution in [3.05, 3.63) is 59.0 Å². The number of esters is 1. The van der Waals surface area contributed by atoms with E-state index in [1.165, 1.54) is 40.8 Å². The lowest BCUT2D eigenvalue weighted by atomic mass is 10.2. The Labute approximate surface area is 185 Å². The van der Waals surface area contributed by atoms with Crippen LogP contribution in [0.25, 0.3) is 20.7 Å². The third kappa shape index (κ3) is 4.53. The van der Waals surface area contributed by atoms with Gasteiger partial charge in [0, 0.05) is 10.3 Å². The van der Waals surface area contributed by atoms with Crippen molar-refractivity contribution < 1.29 is 14.3 Å². The molecule has 0 saturated heterocycles. The van der Waals surface area contributed by atoms with E-state index in [1.54, 1.807) is 6.92 Å². The fourth-order valence-corrected chi connectivity index (χ4v) is 5.37. The number of amides is 1. The largest absolute Gasteiger partial charge is 0.462 e. The van der Waals surface area contributed by atoms with Crippen LogP contribution < -0.4 is 5.32 Å². The Kier molecular flexibility index (Phi) is 6.41. The molecule has 1 aromatic carbocycles. The van der Waals surface area contributed by atoms with Crippen LogP contribution in [0.3, 0.4) is 0 Å². The van der Waals surface area contributed by atoms with E-state index in [2.05, 4.69) is 15.3 Å². The molecule has 1 amide bonds. The van der Waals surface area contributed by atoms with E-state index in [1.807, 2.05) is 47.8 Å². The van der Waals surface area contributed by atoms with Gasteiger partial charge >= 0.3 is 5.97 Å². The highest BCUT2D eigenvalue weighted by atomic mass is 32.2. The Morgan fingerprint density at radius 1 is 1.17 bits per heavy atom. The highest BCUT2D eigenvalue weighted by Gasteiger charge is 2.20. The third-order valence-corrected chi connectivity index (χ3v) is 7.08. The predicted octanol–water partition coefficient (Wildman–Crippen LogP) is 5.33. The minimum atomic E-state index is -0.441. The van der Waals surface area contributed by atoms with Gasteiger partial charge in [0.05, 0.1) is 18.0 Å². The van der Waals surface area contributed by atoms with Gasteiger partial charge in [-0.2, -0.15) is 0 Å². The van der Waals surface area contributed by atoms with Gasteiger partial charge in [-0.15, -0.1) is 22.7 Å². The Hall–Kier alpha value is -2.75. The molecular weight excluding hydrogens is 438 g/mol. The number of thiophene rings is 2. The van der Waals surface area contributed by atoms with Gasteiger partial charge in [0.25, 0.3) is 0 Å². The molecular formula is C21H17N3O3S3. The molecule has 30 heavy (non-hydrogen) atoms. The van der Waals surface area contributed by atoms with Gasteiger partial charge in [-0.25, -0.2) is 14.8 Å². The summed E-state index contributed by atoms with van der Waals surface area (Å²) >= 11 is 4.18. The number of fused-ring (bicyclic) bond motifs is 1. The van der Waals surface area contributed by atoms with Crippen LogP contribution in [0.1, 0.15) is 16.6 Å². The first-order valence-electron chi connectivity index (χ1n) is 9.13. The smallest absolute Gasteiger partial charge is 0.350 e. The van der Waals surface area contributed by atoms with Crippen molar-refractivity contribution in [3.63, 3.8) is 0 Å². The van der Waals surface area contributed by atoms with E-state index in [0.29, 0.717) is 10.6 Å². The zero-order valence-corrected chi connectivity index (χ0v) is 18.4. The molecule has 0 bridgehead atoms. The number of carbonyl (C=O) groups excluding carboxylic acids is 2. The van der Waals surface area contributed by atoms with Crippen LogP contribution >= 0.6 is 34.4 Å².